The molecule has 118 valence electrons. The zero-order valence-electron chi connectivity index (χ0n) is 12.8. The largest absolute Gasteiger partial charge is 0.462 e. The van der Waals surface area contributed by atoms with Crippen LogP contribution in [0.15, 0.2) is 0 Å². The number of ether oxygens (including phenoxy) is 2. The maximum absolute atomic E-state index is 12.0. The van der Waals surface area contributed by atoms with E-state index in [0.717, 1.165) is 43.5 Å². The first-order valence-corrected chi connectivity index (χ1v) is 8.09. The number of morpholine rings is 1. The van der Waals surface area contributed by atoms with Crippen LogP contribution in [0.25, 0.3) is 0 Å². The number of rotatable bonds is 6. The summed E-state index contributed by atoms with van der Waals surface area (Å²) in [6, 6.07) is 0.233. The Morgan fingerprint density at radius 3 is 2.90 bits per heavy atom. The lowest BCUT2D eigenvalue weighted by Crippen LogP contribution is -2.42. The molecule has 2 heterocycles. The van der Waals surface area contributed by atoms with Gasteiger partial charge in [0, 0.05) is 25.7 Å². The highest BCUT2D eigenvalue weighted by Crippen LogP contribution is 2.26. The fourth-order valence-corrected chi connectivity index (χ4v) is 3.25. The minimum Gasteiger partial charge on any atom is -0.462 e. The number of aryl methyl sites for hydroxylation is 1. The standard InChI is InChI=1S/C14H23N3O3S/c1-4-20-14(18)12-11(3)16-21-13(12)15-10(2)9-17-5-7-19-8-6-17/h10,15H,4-9H2,1-3H3. The Morgan fingerprint density at radius 1 is 1.52 bits per heavy atom. The molecular formula is C14H23N3O3S. The zero-order valence-corrected chi connectivity index (χ0v) is 13.7. The van der Waals surface area contributed by atoms with E-state index >= 15 is 0 Å². The Bertz CT molecular complexity index is 472. The maximum atomic E-state index is 12.0. The van der Waals surface area contributed by atoms with Crippen molar-refractivity contribution in [1.82, 2.24) is 9.27 Å². The number of hydrogen-bond donors (Lipinski definition) is 1. The van der Waals surface area contributed by atoms with Crippen LogP contribution in [-0.2, 0) is 9.47 Å². The van der Waals surface area contributed by atoms with Crippen molar-refractivity contribution in [2.24, 2.45) is 0 Å². The van der Waals surface area contributed by atoms with Crippen LogP contribution in [-0.4, -0.2) is 60.7 Å². The molecule has 0 amide bonds. The third-order valence-electron chi connectivity index (χ3n) is 3.36. The van der Waals surface area contributed by atoms with E-state index in [1.54, 1.807) is 6.92 Å². The first kappa shape index (κ1) is 16.2. The number of nitrogens with one attached hydrogen (secondary N) is 1. The zero-order chi connectivity index (χ0) is 15.2. The van der Waals surface area contributed by atoms with Crippen molar-refractivity contribution in [3.63, 3.8) is 0 Å². The highest BCUT2D eigenvalue weighted by molar-refractivity contribution is 7.10. The Balaban J connectivity index is 1.96. The summed E-state index contributed by atoms with van der Waals surface area (Å²) in [5, 5.41) is 4.19. The van der Waals surface area contributed by atoms with Crippen molar-refractivity contribution >= 4 is 22.5 Å². The third-order valence-corrected chi connectivity index (χ3v) is 4.23. The van der Waals surface area contributed by atoms with Gasteiger partial charge in [-0.05, 0) is 32.3 Å². The summed E-state index contributed by atoms with van der Waals surface area (Å²) in [5.74, 6) is -0.301. The molecule has 1 aromatic rings. The Morgan fingerprint density at radius 2 is 2.24 bits per heavy atom. The summed E-state index contributed by atoms with van der Waals surface area (Å²) < 4.78 is 14.7. The normalized spacial score (nSPS) is 17.5. The fourth-order valence-electron chi connectivity index (χ4n) is 2.35. The Hall–Kier alpha value is -1.18. The number of nitrogens with zero attached hydrogens (tertiary/aromatic N) is 2. The molecule has 1 saturated heterocycles. The minimum atomic E-state index is -0.301. The molecule has 1 aliphatic rings. The van der Waals surface area contributed by atoms with Crippen LogP contribution in [0, 0.1) is 6.92 Å². The van der Waals surface area contributed by atoms with Crippen molar-refractivity contribution in [2.45, 2.75) is 26.8 Å². The van der Waals surface area contributed by atoms with Gasteiger partial charge in [-0.2, -0.15) is 4.37 Å². The predicted molar refractivity (Wildman–Crippen MR) is 83.2 cm³/mol. The van der Waals surface area contributed by atoms with E-state index in [1.165, 1.54) is 11.5 Å². The number of hydrogen-bond acceptors (Lipinski definition) is 7. The van der Waals surface area contributed by atoms with Crippen LogP contribution >= 0.6 is 11.5 Å². The summed E-state index contributed by atoms with van der Waals surface area (Å²) in [6.45, 7) is 10.5. The van der Waals surface area contributed by atoms with Crippen LogP contribution in [0.2, 0.25) is 0 Å². The van der Waals surface area contributed by atoms with Gasteiger partial charge in [-0.1, -0.05) is 0 Å². The molecule has 0 aromatic carbocycles. The van der Waals surface area contributed by atoms with E-state index in [-0.39, 0.29) is 12.0 Å². The quantitative estimate of drug-likeness (QED) is 0.808. The molecule has 1 atom stereocenters. The highest BCUT2D eigenvalue weighted by atomic mass is 32.1. The molecule has 2 rings (SSSR count). The number of carbonyl (C=O) groups is 1. The van der Waals surface area contributed by atoms with E-state index in [2.05, 4.69) is 21.5 Å². The lowest BCUT2D eigenvalue weighted by atomic mass is 10.2. The molecule has 1 N–H and O–H groups in total. The van der Waals surface area contributed by atoms with E-state index in [1.807, 2.05) is 6.92 Å². The molecule has 6 nitrogen and oxygen atoms in total. The smallest absolute Gasteiger partial charge is 0.343 e. The van der Waals surface area contributed by atoms with E-state index in [9.17, 15) is 4.79 Å². The molecule has 1 unspecified atom stereocenters. The van der Waals surface area contributed by atoms with Crippen molar-refractivity contribution in [3.8, 4) is 0 Å². The van der Waals surface area contributed by atoms with Crippen LogP contribution in [0.3, 0.4) is 0 Å². The second-order valence-corrected chi connectivity index (χ2v) is 5.92. The molecular weight excluding hydrogens is 290 g/mol. The van der Waals surface area contributed by atoms with E-state index < -0.39 is 0 Å². The average Bonchev–Trinajstić information content (AvgIpc) is 2.81. The first-order valence-electron chi connectivity index (χ1n) is 7.31. The van der Waals surface area contributed by atoms with Gasteiger partial charge >= 0.3 is 5.97 Å². The van der Waals surface area contributed by atoms with Gasteiger partial charge < -0.3 is 14.8 Å². The summed E-state index contributed by atoms with van der Waals surface area (Å²) in [4.78, 5) is 14.4. The van der Waals surface area contributed by atoms with E-state index in [4.69, 9.17) is 9.47 Å². The fraction of sp³-hybridized carbons (Fsp3) is 0.714. The highest BCUT2D eigenvalue weighted by Gasteiger charge is 2.21. The molecule has 1 fully saturated rings. The van der Waals surface area contributed by atoms with Gasteiger partial charge in [-0.15, -0.1) is 0 Å². The van der Waals surface area contributed by atoms with Gasteiger partial charge in [0.15, 0.2) is 0 Å². The van der Waals surface area contributed by atoms with Crippen molar-refractivity contribution in [1.29, 1.82) is 0 Å². The van der Waals surface area contributed by atoms with Gasteiger partial charge in [0.05, 0.1) is 25.5 Å². The summed E-state index contributed by atoms with van der Waals surface area (Å²) >= 11 is 1.32. The number of aromatic nitrogens is 1. The van der Waals surface area contributed by atoms with Crippen molar-refractivity contribution in [2.75, 3.05) is 44.8 Å². The molecule has 0 aliphatic carbocycles. The van der Waals surface area contributed by atoms with Crippen LogP contribution in [0.1, 0.15) is 29.9 Å². The number of anilines is 1. The van der Waals surface area contributed by atoms with Gasteiger partial charge in [0.1, 0.15) is 10.6 Å². The van der Waals surface area contributed by atoms with Crippen molar-refractivity contribution < 1.29 is 14.3 Å². The van der Waals surface area contributed by atoms with Crippen LogP contribution in [0.4, 0.5) is 5.00 Å². The lowest BCUT2D eigenvalue weighted by molar-refractivity contribution is 0.0368. The lowest BCUT2D eigenvalue weighted by Gasteiger charge is -2.29. The molecule has 0 spiro atoms. The van der Waals surface area contributed by atoms with E-state index in [0.29, 0.717) is 12.2 Å². The molecule has 1 aromatic heterocycles. The van der Waals surface area contributed by atoms with Crippen molar-refractivity contribution in [3.05, 3.63) is 11.3 Å². The van der Waals surface area contributed by atoms with Gasteiger partial charge in [0.25, 0.3) is 0 Å². The second-order valence-electron chi connectivity index (χ2n) is 5.15. The molecule has 21 heavy (non-hydrogen) atoms. The summed E-state index contributed by atoms with van der Waals surface area (Å²) in [5.41, 5.74) is 1.29. The first-order chi connectivity index (χ1) is 10.1. The minimum absolute atomic E-state index is 0.233. The molecule has 7 heteroatoms. The second kappa shape index (κ2) is 7.72. The molecule has 0 radical (unpaired) electrons. The number of esters is 1. The Labute approximate surface area is 129 Å². The Kier molecular flexibility index (Phi) is 5.96. The van der Waals surface area contributed by atoms with Gasteiger partial charge in [-0.3, -0.25) is 4.90 Å². The molecule has 0 saturated carbocycles. The summed E-state index contributed by atoms with van der Waals surface area (Å²) in [6.07, 6.45) is 0. The average molecular weight is 313 g/mol. The topological polar surface area (TPSA) is 63.7 Å². The van der Waals surface area contributed by atoms with Gasteiger partial charge in [0.2, 0.25) is 0 Å². The molecule has 1 aliphatic heterocycles. The van der Waals surface area contributed by atoms with Crippen LogP contribution in [0.5, 0.6) is 0 Å². The van der Waals surface area contributed by atoms with Gasteiger partial charge in [-0.25, -0.2) is 4.79 Å². The maximum Gasteiger partial charge on any atom is 0.343 e. The molecule has 0 bridgehead atoms. The number of carbonyl (C=O) groups excluding carboxylic acids is 1. The third kappa shape index (κ3) is 4.39. The summed E-state index contributed by atoms with van der Waals surface area (Å²) in [7, 11) is 0. The monoisotopic (exact) mass is 313 g/mol. The predicted octanol–water partition coefficient (Wildman–Crippen LogP) is 1.76. The van der Waals surface area contributed by atoms with Crippen LogP contribution < -0.4 is 5.32 Å². The SMILES string of the molecule is CCOC(=O)c1c(C)nsc1NC(C)CN1CCOCC1.